The molecule has 0 amide bonds. The van der Waals surface area contributed by atoms with Gasteiger partial charge in [0.05, 0.1) is 9.82 Å². The predicted octanol–water partition coefficient (Wildman–Crippen LogP) is 2.25. The van der Waals surface area contributed by atoms with Gasteiger partial charge >= 0.3 is 0 Å². The van der Waals surface area contributed by atoms with Crippen LogP contribution in [0.2, 0.25) is 0 Å². The lowest BCUT2D eigenvalue weighted by Gasteiger charge is -2.30. The zero-order chi connectivity index (χ0) is 22.0. The molecule has 2 rings (SSSR count). The zero-order valence-corrected chi connectivity index (χ0v) is 21.1. The normalized spacial score (nSPS) is 15.9. The number of guanidine groups is 1. The van der Waals surface area contributed by atoms with Crippen LogP contribution in [0.3, 0.4) is 0 Å². The molecule has 1 saturated carbocycles. The molecule has 0 heterocycles. The molecular weight excluding hydrogens is 537 g/mol. The average molecular weight is 569 g/mol. The SMILES string of the molecule is CN=C(NCCNS(=O)(=O)c1cccc([N+](=O)[O-])c1)NCC1(CCOC)CCCC1.I. The number of nitro benzene ring substituents is 1. The minimum absolute atomic E-state index is 0. The highest BCUT2D eigenvalue weighted by atomic mass is 127. The maximum Gasteiger partial charge on any atom is 0.270 e. The number of nitrogens with zero attached hydrogens (tertiary/aromatic N) is 2. The first-order valence-corrected chi connectivity index (χ1v) is 11.5. The van der Waals surface area contributed by atoms with Gasteiger partial charge in [0.2, 0.25) is 10.0 Å². The summed E-state index contributed by atoms with van der Waals surface area (Å²) in [6.45, 7) is 1.95. The quantitative estimate of drug-likeness (QED) is 0.0930. The van der Waals surface area contributed by atoms with Gasteiger partial charge in [0.25, 0.3) is 5.69 Å². The zero-order valence-electron chi connectivity index (χ0n) is 17.9. The summed E-state index contributed by atoms with van der Waals surface area (Å²) < 4.78 is 32.4. The second-order valence-corrected chi connectivity index (χ2v) is 9.22. The van der Waals surface area contributed by atoms with Crippen LogP contribution < -0.4 is 15.4 Å². The number of methoxy groups -OCH3 is 1. The van der Waals surface area contributed by atoms with E-state index in [0.29, 0.717) is 12.5 Å². The monoisotopic (exact) mass is 569 g/mol. The molecule has 3 N–H and O–H groups in total. The van der Waals surface area contributed by atoms with Crippen LogP contribution in [0.5, 0.6) is 0 Å². The third-order valence-corrected chi connectivity index (χ3v) is 6.86. The largest absolute Gasteiger partial charge is 0.385 e. The molecule has 1 aliphatic carbocycles. The summed E-state index contributed by atoms with van der Waals surface area (Å²) in [5.74, 6) is 0.605. The van der Waals surface area contributed by atoms with E-state index in [2.05, 4.69) is 20.3 Å². The molecule has 0 atom stereocenters. The van der Waals surface area contributed by atoms with E-state index in [4.69, 9.17) is 4.74 Å². The van der Waals surface area contributed by atoms with Crippen LogP contribution in [0.1, 0.15) is 32.1 Å². The Hall–Kier alpha value is -1.51. The van der Waals surface area contributed by atoms with Crippen LogP contribution >= 0.6 is 24.0 Å². The van der Waals surface area contributed by atoms with Gasteiger partial charge in [0.15, 0.2) is 5.96 Å². The highest BCUT2D eigenvalue weighted by Gasteiger charge is 2.33. The van der Waals surface area contributed by atoms with Gasteiger partial charge in [-0.2, -0.15) is 0 Å². The van der Waals surface area contributed by atoms with Crippen molar-refractivity contribution >= 4 is 45.6 Å². The van der Waals surface area contributed by atoms with Crippen LogP contribution in [-0.2, 0) is 14.8 Å². The molecule has 12 heteroatoms. The lowest BCUT2D eigenvalue weighted by Crippen LogP contribution is -2.45. The average Bonchev–Trinajstić information content (AvgIpc) is 3.21. The minimum atomic E-state index is -3.84. The number of rotatable bonds is 11. The Kier molecular flexibility index (Phi) is 11.7. The van der Waals surface area contributed by atoms with Gasteiger partial charge in [-0.05, 0) is 30.7 Å². The van der Waals surface area contributed by atoms with Gasteiger partial charge in [0, 0.05) is 52.5 Å². The van der Waals surface area contributed by atoms with E-state index >= 15 is 0 Å². The fraction of sp³-hybridized carbons (Fsp3) is 0.632. The summed E-state index contributed by atoms with van der Waals surface area (Å²) in [6.07, 6.45) is 5.75. The molecule has 0 spiro atoms. The summed E-state index contributed by atoms with van der Waals surface area (Å²) in [6, 6.07) is 4.96. The Labute approximate surface area is 200 Å². The predicted molar refractivity (Wildman–Crippen MR) is 130 cm³/mol. The van der Waals surface area contributed by atoms with E-state index in [1.54, 1.807) is 14.2 Å². The van der Waals surface area contributed by atoms with Crippen molar-refractivity contribution in [3.63, 3.8) is 0 Å². The summed E-state index contributed by atoms with van der Waals surface area (Å²) in [4.78, 5) is 14.3. The maximum atomic E-state index is 12.3. The van der Waals surface area contributed by atoms with Crippen molar-refractivity contribution in [1.82, 2.24) is 15.4 Å². The third-order valence-electron chi connectivity index (χ3n) is 5.40. The second-order valence-electron chi connectivity index (χ2n) is 7.45. The summed E-state index contributed by atoms with van der Waals surface area (Å²) in [5, 5.41) is 17.3. The summed E-state index contributed by atoms with van der Waals surface area (Å²) in [5.41, 5.74) is -0.0630. The Balaban J connectivity index is 0.00000480. The first-order valence-electron chi connectivity index (χ1n) is 9.99. The van der Waals surface area contributed by atoms with Crippen LogP contribution in [0.25, 0.3) is 0 Å². The van der Waals surface area contributed by atoms with Crippen molar-refractivity contribution in [2.75, 3.05) is 40.4 Å². The third kappa shape index (κ3) is 8.50. The van der Waals surface area contributed by atoms with Crippen molar-refractivity contribution in [3.05, 3.63) is 34.4 Å². The molecule has 1 aromatic carbocycles. The van der Waals surface area contributed by atoms with Crippen LogP contribution in [0.15, 0.2) is 34.2 Å². The lowest BCUT2D eigenvalue weighted by atomic mass is 9.83. The number of nitro groups is 1. The molecule has 0 bridgehead atoms. The Morgan fingerprint density at radius 3 is 2.58 bits per heavy atom. The van der Waals surface area contributed by atoms with Gasteiger partial charge in [-0.1, -0.05) is 18.9 Å². The lowest BCUT2D eigenvalue weighted by molar-refractivity contribution is -0.385. The summed E-state index contributed by atoms with van der Waals surface area (Å²) in [7, 11) is -0.456. The topological polar surface area (TPSA) is 135 Å². The number of hydrogen-bond acceptors (Lipinski definition) is 6. The maximum absolute atomic E-state index is 12.3. The Morgan fingerprint density at radius 1 is 1.26 bits per heavy atom. The first-order chi connectivity index (χ1) is 14.3. The molecule has 31 heavy (non-hydrogen) atoms. The van der Waals surface area contributed by atoms with Crippen molar-refractivity contribution in [3.8, 4) is 0 Å². The molecule has 0 radical (unpaired) electrons. The number of hydrogen-bond donors (Lipinski definition) is 3. The number of ether oxygens (including phenoxy) is 1. The Bertz CT molecular complexity index is 844. The van der Waals surface area contributed by atoms with Crippen LogP contribution in [0, 0.1) is 15.5 Å². The van der Waals surface area contributed by atoms with Gasteiger partial charge < -0.3 is 15.4 Å². The van der Waals surface area contributed by atoms with Gasteiger partial charge in [-0.25, -0.2) is 13.1 Å². The highest BCUT2D eigenvalue weighted by Crippen LogP contribution is 2.40. The molecule has 0 aromatic heterocycles. The van der Waals surface area contributed by atoms with E-state index in [9.17, 15) is 18.5 Å². The second kappa shape index (κ2) is 13.1. The van der Waals surface area contributed by atoms with Crippen LogP contribution in [0.4, 0.5) is 5.69 Å². The number of halogens is 1. The van der Waals surface area contributed by atoms with Gasteiger partial charge in [0.1, 0.15) is 0 Å². The first kappa shape index (κ1) is 27.5. The van der Waals surface area contributed by atoms with Crippen molar-refractivity contribution < 1.29 is 18.1 Å². The van der Waals surface area contributed by atoms with Gasteiger partial charge in [-0.3, -0.25) is 15.1 Å². The fourth-order valence-electron chi connectivity index (χ4n) is 3.66. The molecule has 1 fully saturated rings. The van der Waals surface area contributed by atoms with E-state index in [0.717, 1.165) is 38.5 Å². The number of non-ortho nitro benzene ring substituents is 1. The highest BCUT2D eigenvalue weighted by molar-refractivity contribution is 14.0. The van der Waals surface area contributed by atoms with Gasteiger partial charge in [-0.15, -0.1) is 24.0 Å². The molecule has 0 aliphatic heterocycles. The van der Waals surface area contributed by atoms with Crippen molar-refractivity contribution in [2.24, 2.45) is 10.4 Å². The smallest absolute Gasteiger partial charge is 0.270 e. The van der Waals surface area contributed by atoms with E-state index in [1.165, 1.54) is 31.0 Å². The van der Waals surface area contributed by atoms with E-state index < -0.39 is 14.9 Å². The number of sulfonamides is 1. The van der Waals surface area contributed by atoms with Crippen LogP contribution in [-0.4, -0.2) is 59.7 Å². The number of benzene rings is 1. The Morgan fingerprint density at radius 2 is 1.97 bits per heavy atom. The standard InChI is InChI=1S/C19H31N5O5S.HI/c1-20-18(22-15-19(10-13-29-2)8-3-4-9-19)21-11-12-23-30(27,28)17-7-5-6-16(14-17)24(25)26;/h5-7,14,23H,3-4,8-13,15H2,1-2H3,(H2,20,21,22);1H. The number of nitrogens with one attached hydrogen (secondary N) is 3. The van der Waals surface area contributed by atoms with Crippen molar-refractivity contribution in [1.29, 1.82) is 0 Å². The molecular formula is C19H32IN5O5S. The minimum Gasteiger partial charge on any atom is -0.385 e. The number of aliphatic imine (C=N–C) groups is 1. The molecule has 0 saturated heterocycles. The van der Waals surface area contributed by atoms with Crippen molar-refractivity contribution in [2.45, 2.75) is 37.0 Å². The fourth-order valence-corrected chi connectivity index (χ4v) is 4.74. The van der Waals surface area contributed by atoms with E-state index in [-0.39, 0.29) is 46.5 Å². The molecule has 10 nitrogen and oxygen atoms in total. The molecule has 1 aromatic rings. The summed E-state index contributed by atoms with van der Waals surface area (Å²) >= 11 is 0. The molecule has 0 unspecified atom stereocenters. The molecule has 1 aliphatic rings. The molecule has 176 valence electrons. The van der Waals surface area contributed by atoms with E-state index in [1.807, 2.05) is 0 Å².